The van der Waals surface area contributed by atoms with Gasteiger partial charge in [0.25, 0.3) is 0 Å². The maximum absolute atomic E-state index is 12.1. The minimum Gasteiger partial charge on any atom is -0.495 e. The first-order chi connectivity index (χ1) is 9.11. The largest absolute Gasteiger partial charge is 0.495 e. The SMILES string of the molecule is COc1ccccc1NC(=O)C(C)n1cc(Br)cn1. The van der Waals surface area contributed by atoms with Crippen molar-refractivity contribution in [2.24, 2.45) is 0 Å². The van der Waals surface area contributed by atoms with Gasteiger partial charge in [-0.1, -0.05) is 12.1 Å². The summed E-state index contributed by atoms with van der Waals surface area (Å²) in [7, 11) is 1.57. The van der Waals surface area contributed by atoms with E-state index in [2.05, 4.69) is 26.3 Å². The quantitative estimate of drug-likeness (QED) is 0.941. The van der Waals surface area contributed by atoms with Crippen molar-refractivity contribution in [1.82, 2.24) is 9.78 Å². The van der Waals surface area contributed by atoms with Gasteiger partial charge in [0, 0.05) is 6.20 Å². The molecule has 1 atom stereocenters. The van der Waals surface area contributed by atoms with Crippen molar-refractivity contribution in [3.05, 3.63) is 41.1 Å². The molecule has 5 nitrogen and oxygen atoms in total. The second-order valence-corrected chi connectivity index (χ2v) is 4.92. The van der Waals surface area contributed by atoms with Crippen LogP contribution < -0.4 is 10.1 Å². The summed E-state index contributed by atoms with van der Waals surface area (Å²) in [6, 6.07) is 6.87. The lowest BCUT2D eigenvalue weighted by Crippen LogP contribution is -2.24. The molecule has 0 aliphatic carbocycles. The molecule has 1 amide bonds. The fraction of sp³-hybridized carbons (Fsp3) is 0.231. The summed E-state index contributed by atoms with van der Waals surface area (Å²) in [5, 5.41) is 6.93. The number of amides is 1. The molecule has 6 heteroatoms. The number of aromatic nitrogens is 2. The first kappa shape index (κ1) is 13.6. The van der Waals surface area contributed by atoms with Gasteiger partial charge in [0.15, 0.2) is 0 Å². The van der Waals surface area contributed by atoms with Crippen molar-refractivity contribution >= 4 is 27.5 Å². The van der Waals surface area contributed by atoms with Gasteiger partial charge in [0.1, 0.15) is 11.8 Å². The summed E-state index contributed by atoms with van der Waals surface area (Å²) in [4.78, 5) is 12.1. The molecule has 19 heavy (non-hydrogen) atoms. The molecule has 0 aliphatic heterocycles. The predicted octanol–water partition coefficient (Wildman–Crippen LogP) is 2.85. The zero-order valence-electron chi connectivity index (χ0n) is 10.6. The number of carbonyl (C=O) groups excluding carboxylic acids is 1. The molecule has 0 saturated heterocycles. The highest BCUT2D eigenvalue weighted by Gasteiger charge is 2.17. The number of ether oxygens (including phenoxy) is 1. The number of halogens is 1. The van der Waals surface area contributed by atoms with Crippen LogP contribution in [0.3, 0.4) is 0 Å². The normalized spacial score (nSPS) is 11.9. The van der Waals surface area contributed by atoms with Gasteiger partial charge < -0.3 is 10.1 Å². The Balaban J connectivity index is 2.12. The van der Waals surface area contributed by atoms with Gasteiger partial charge in [-0.15, -0.1) is 0 Å². The number of anilines is 1. The first-order valence-electron chi connectivity index (χ1n) is 5.75. The highest BCUT2D eigenvalue weighted by atomic mass is 79.9. The van der Waals surface area contributed by atoms with Gasteiger partial charge in [-0.2, -0.15) is 5.10 Å². The van der Waals surface area contributed by atoms with Crippen molar-refractivity contribution in [1.29, 1.82) is 0 Å². The van der Waals surface area contributed by atoms with Crippen molar-refractivity contribution in [2.45, 2.75) is 13.0 Å². The monoisotopic (exact) mass is 323 g/mol. The third-order valence-electron chi connectivity index (χ3n) is 2.71. The highest BCUT2D eigenvalue weighted by molar-refractivity contribution is 9.10. The van der Waals surface area contributed by atoms with Crippen molar-refractivity contribution in [3.63, 3.8) is 0 Å². The molecular formula is C13H14BrN3O2. The number of hydrogen-bond acceptors (Lipinski definition) is 3. The Morgan fingerprint density at radius 3 is 2.84 bits per heavy atom. The molecule has 1 heterocycles. The number of rotatable bonds is 4. The Hall–Kier alpha value is -1.82. The van der Waals surface area contributed by atoms with E-state index in [1.165, 1.54) is 0 Å². The van der Waals surface area contributed by atoms with Crippen LogP contribution in [-0.2, 0) is 4.79 Å². The third-order valence-corrected chi connectivity index (χ3v) is 3.12. The number of para-hydroxylation sites is 2. The van der Waals surface area contributed by atoms with Gasteiger partial charge >= 0.3 is 0 Å². The van der Waals surface area contributed by atoms with Crippen LogP contribution in [0.2, 0.25) is 0 Å². The second kappa shape index (κ2) is 5.88. The van der Waals surface area contributed by atoms with Crippen molar-refractivity contribution < 1.29 is 9.53 Å². The van der Waals surface area contributed by atoms with E-state index in [-0.39, 0.29) is 5.91 Å². The summed E-state index contributed by atoms with van der Waals surface area (Å²) < 4.78 is 7.62. The van der Waals surface area contributed by atoms with Crippen LogP contribution in [0.5, 0.6) is 5.75 Å². The molecule has 0 fully saturated rings. The smallest absolute Gasteiger partial charge is 0.249 e. The lowest BCUT2D eigenvalue weighted by Gasteiger charge is -2.14. The van der Waals surface area contributed by atoms with Crippen LogP contribution in [0.25, 0.3) is 0 Å². The molecular weight excluding hydrogens is 310 g/mol. The van der Waals surface area contributed by atoms with Crippen LogP contribution >= 0.6 is 15.9 Å². The molecule has 0 saturated carbocycles. The van der Waals surface area contributed by atoms with Crippen LogP contribution in [0, 0.1) is 0 Å². The summed E-state index contributed by atoms with van der Waals surface area (Å²) in [6.07, 6.45) is 3.40. The van der Waals surface area contributed by atoms with Crippen LogP contribution in [0.15, 0.2) is 41.1 Å². The maximum atomic E-state index is 12.1. The molecule has 2 aromatic rings. The highest BCUT2D eigenvalue weighted by Crippen LogP contribution is 2.24. The molecule has 2 rings (SSSR count). The molecule has 0 spiro atoms. The predicted molar refractivity (Wildman–Crippen MR) is 76.3 cm³/mol. The number of hydrogen-bond donors (Lipinski definition) is 1. The number of nitrogens with zero attached hydrogens (tertiary/aromatic N) is 2. The number of benzene rings is 1. The van der Waals surface area contributed by atoms with Gasteiger partial charge in [-0.05, 0) is 35.0 Å². The van der Waals surface area contributed by atoms with E-state index in [1.807, 2.05) is 12.1 Å². The molecule has 0 aliphatic rings. The molecule has 1 N–H and O–H groups in total. The van der Waals surface area contributed by atoms with E-state index in [0.717, 1.165) is 4.47 Å². The zero-order chi connectivity index (χ0) is 13.8. The number of methoxy groups -OCH3 is 1. The lowest BCUT2D eigenvalue weighted by atomic mass is 10.2. The fourth-order valence-corrected chi connectivity index (χ4v) is 1.93. The van der Waals surface area contributed by atoms with E-state index in [0.29, 0.717) is 11.4 Å². The summed E-state index contributed by atoms with van der Waals surface area (Å²) >= 11 is 3.30. The summed E-state index contributed by atoms with van der Waals surface area (Å²) in [6.45, 7) is 1.78. The lowest BCUT2D eigenvalue weighted by molar-refractivity contribution is -0.119. The van der Waals surface area contributed by atoms with Gasteiger partial charge in [-0.3, -0.25) is 9.48 Å². The standard InChI is InChI=1S/C13H14BrN3O2/c1-9(17-8-10(14)7-15-17)13(18)16-11-5-3-4-6-12(11)19-2/h3-9H,1-2H3,(H,16,18). The van der Waals surface area contributed by atoms with E-state index < -0.39 is 6.04 Å². The molecule has 1 aromatic carbocycles. The van der Waals surface area contributed by atoms with E-state index in [4.69, 9.17) is 4.74 Å². The summed E-state index contributed by atoms with van der Waals surface area (Å²) in [5.41, 5.74) is 0.646. The van der Waals surface area contributed by atoms with Gasteiger partial charge in [0.05, 0.1) is 23.5 Å². The Bertz CT molecular complexity index is 583. The van der Waals surface area contributed by atoms with E-state index in [1.54, 1.807) is 43.2 Å². The molecule has 1 unspecified atom stereocenters. The van der Waals surface area contributed by atoms with Crippen LogP contribution in [-0.4, -0.2) is 22.8 Å². The fourth-order valence-electron chi connectivity index (χ4n) is 1.63. The van der Waals surface area contributed by atoms with Gasteiger partial charge in [-0.25, -0.2) is 0 Å². The number of carbonyl (C=O) groups is 1. The van der Waals surface area contributed by atoms with E-state index in [9.17, 15) is 4.79 Å². The second-order valence-electron chi connectivity index (χ2n) is 4.00. The third kappa shape index (κ3) is 3.14. The Labute approximate surface area is 119 Å². The Morgan fingerprint density at radius 2 is 2.21 bits per heavy atom. The van der Waals surface area contributed by atoms with Crippen LogP contribution in [0.4, 0.5) is 5.69 Å². The average Bonchev–Trinajstić information content (AvgIpc) is 2.85. The van der Waals surface area contributed by atoms with Crippen molar-refractivity contribution in [3.8, 4) is 5.75 Å². The Kier molecular flexibility index (Phi) is 4.21. The van der Waals surface area contributed by atoms with Gasteiger partial charge in [0.2, 0.25) is 5.91 Å². The number of nitrogens with one attached hydrogen (secondary N) is 1. The molecule has 1 aromatic heterocycles. The Morgan fingerprint density at radius 1 is 1.47 bits per heavy atom. The average molecular weight is 324 g/mol. The molecule has 0 radical (unpaired) electrons. The first-order valence-corrected chi connectivity index (χ1v) is 6.54. The topological polar surface area (TPSA) is 56.1 Å². The minimum atomic E-state index is -0.406. The molecule has 100 valence electrons. The summed E-state index contributed by atoms with van der Waals surface area (Å²) in [5.74, 6) is 0.477. The maximum Gasteiger partial charge on any atom is 0.249 e. The van der Waals surface area contributed by atoms with E-state index >= 15 is 0 Å². The zero-order valence-corrected chi connectivity index (χ0v) is 12.2. The van der Waals surface area contributed by atoms with Crippen LogP contribution in [0.1, 0.15) is 13.0 Å². The van der Waals surface area contributed by atoms with Crippen molar-refractivity contribution in [2.75, 3.05) is 12.4 Å². The minimum absolute atomic E-state index is 0.153. The molecule has 0 bridgehead atoms.